The molecule has 0 bridgehead atoms. The third-order valence-electron chi connectivity index (χ3n) is 4.77. The second-order valence-corrected chi connectivity index (χ2v) is 7.07. The molecular formula is C20H25N3O3. The van der Waals surface area contributed by atoms with Gasteiger partial charge in [-0.2, -0.15) is 0 Å². The van der Waals surface area contributed by atoms with Crippen LogP contribution >= 0.6 is 0 Å². The Hall–Kier alpha value is -2.39. The molecule has 2 aliphatic carbocycles. The molecule has 2 amide bonds. The zero-order valence-corrected chi connectivity index (χ0v) is 15.1. The van der Waals surface area contributed by atoms with Crippen molar-refractivity contribution in [2.45, 2.75) is 50.5 Å². The van der Waals surface area contributed by atoms with E-state index in [9.17, 15) is 9.59 Å². The van der Waals surface area contributed by atoms with Crippen LogP contribution < -0.4 is 10.6 Å². The number of pyridine rings is 1. The number of methoxy groups -OCH3 is 1. The van der Waals surface area contributed by atoms with Crippen LogP contribution in [-0.2, 0) is 14.3 Å². The lowest BCUT2D eigenvalue weighted by Gasteiger charge is -2.33. The molecule has 1 aromatic heterocycles. The van der Waals surface area contributed by atoms with Crippen molar-refractivity contribution >= 4 is 17.6 Å². The van der Waals surface area contributed by atoms with Gasteiger partial charge in [0, 0.05) is 24.8 Å². The fourth-order valence-electron chi connectivity index (χ4n) is 3.18. The SMILES string of the molecule is COCC(=O)NC1(C#Cc2ccc(NC(=O)C3CC3)nc2)CCCCC1. The topological polar surface area (TPSA) is 80.3 Å². The molecule has 138 valence electrons. The van der Waals surface area contributed by atoms with E-state index in [1.807, 2.05) is 6.07 Å². The number of ether oxygens (including phenoxy) is 1. The quantitative estimate of drug-likeness (QED) is 0.794. The maximum Gasteiger partial charge on any atom is 0.247 e. The summed E-state index contributed by atoms with van der Waals surface area (Å²) >= 11 is 0. The summed E-state index contributed by atoms with van der Waals surface area (Å²) in [6.45, 7) is 0.0420. The Kier molecular flexibility index (Phi) is 5.89. The summed E-state index contributed by atoms with van der Waals surface area (Å²) in [5.41, 5.74) is 0.271. The third-order valence-corrected chi connectivity index (χ3v) is 4.77. The number of nitrogens with one attached hydrogen (secondary N) is 2. The summed E-state index contributed by atoms with van der Waals surface area (Å²) in [4.78, 5) is 28.0. The maximum absolute atomic E-state index is 12.0. The van der Waals surface area contributed by atoms with E-state index in [-0.39, 0.29) is 24.3 Å². The number of hydrogen-bond donors (Lipinski definition) is 2. The first-order chi connectivity index (χ1) is 12.6. The molecule has 6 heteroatoms. The van der Waals surface area contributed by atoms with Crippen molar-refractivity contribution in [3.8, 4) is 11.8 Å². The zero-order valence-electron chi connectivity index (χ0n) is 15.1. The second-order valence-electron chi connectivity index (χ2n) is 7.07. The number of rotatable bonds is 5. The number of hydrogen-bond acceptors (Lipinski definition) is 4. The van der Waals surface area contributed by atoms with Gasteiger partial charge in [0.25, 0.3) is 0 Å². The predicted octanol–water partition coefficient (Wildman–Crippen LogP) is 2.25. The Morgan fingerprint density at radius 2 is 2.04 bits per heavy atom. The minimum Gasteiger partial charge on any atom is -0.375 e. The fourth-order valence-corrected chi connectivity index (χ4v) is 3.18. The van der Waals surface area contributed by atoms with Crippen molar-refractivity contribution in [1.29, 1.82) is 0 Å². The Morgan fingerprint density at radius 3 is 2.65 bits per heavy atom. The van der Waals surface area contributed by atoms with Crippen LogP contribution in [0.25, 0.3) is 0 Å². The predicted molar refractivity (Wildman–Crippen MR) is 98.3 cm³/mol. The third kappa shape index (κ3) is 5.06. The Labute approximate surface area is 154 Å². The molecule has 2 saturated carbocycles. The van der Waals surface area contributed by atoms with Gasteiger partial charge in [-0.1, -0.05) is 31.1 Å². The zero-order chi connectivity index (χ0) is 18.4. The number of anilines is 1. The lowest BCUT2D eigenvalue weighted by molar-refractivity contribution is -0.126. The number of nitrogens with zero attached hydrogens (tertiary/aromatic N) is 1. The lowest BCUT2D eigenvalue weighted by atomic mass is 9.82. The van der Waals surface area contributed by atoms with E-state index in [2.05, 4.69) is 27.5 Å². The average Bonchev–Trinajstić information content (AvgIpc) is 3.47. The van der Waals surface area contributed by atoms with E-state index in [0.717, 1.165) is 44.1 Å². The van der Waals surface area contributed by atoms with Crippen LogP contribution in [0.4, 0.5) is 5.82 Å². The monoisotopic (exact) mass is 355 g/mol. The molecule has 1 aromatic rings. The van der Waals surface area contributed by atoms with Crippen LogP contribution in [-0.4, -0.2) is 36.1 Å². The van der Waals surface area contributed by atoms with Crippen molar-refractivity contribution in [3.63, 3.8) is 0 Å². The number of amides is 2. The van der Waals surface area contributed by atoms with Gasteiger partial charge in [0.2, 0.25) is 11.8 Å². The van der Waals surface area contributed by atoms with Crippen LogP contribution in [0, 0.1) is 17.8 Å². The highest BCUT2D eigenvalue weighted by Crippen LogP contribution is 2.30. The summed E-state index contributed by atoms with van der Waals surface area (Å²) in [5, 5.41) is 5.86. The highest BCUT2D eigenvalue weighted by molar-refractivity contribution is 5.93. The molecule has 0 radical (unpaired) electrons. The van der Waals surface area contributed by atoms with Gasteiger partial charge in [-0.3, -0.25) is 9.59 Å². The maximum atomic E-state index is 12.0. The molecule has 0 saturated heterocycles. The molecule has 3 rings (SSSR count). The Balaban J connectivity index is 1.67. The number of carbonyl (C=O) groups excluding carboxylic acids is 2. The standard InChI is InChI=1S/C20H25N3O3/c1-26-14-18(24)23-20(10-3-2-4-11-20)12-9-15-5-8-17(21-13-15)22-19(25)16-6-7-16/h5,8,13,16H,2-4,6-7,10-11,14H2,1H3,(H,23,24)(H,21,22,25). The van der Waals surface area contributed by atoms with E-state index in [1.54, 1.807) is 12.3 Å². The van der Waals surface area contributed by atoms with Crippen LogP contribution in [0.5, 0.6) is 0 Å². The Bertz CT molecular complexity index is 708. The van der Waals surface area contributed by atoms with Crippen LogP contribution in [0.1, 0.15) is 50.5 Å². The van der Waals surface area contributed by atoms with Crippen LogP contribution in [0.3, 0.4) is 0 Å². The molecule has 1 heterocycles. The van der Waals surface area contributed by atoms with Gasteiger partial charge in [-0.15, -0.1) is 0 Å². The average molecular weight is 355 g/mol. The normalized spacial score (nSPS) is 18.3. The molecular weight excluding hydrogens is 330 g/mol. The first-order valence-corrected chi connectivity index (χ1v) is 9.20. The molecule has 0 aliphatic heterocycles. The first kappa shape index (κ1) is 18.4. The van der Waals surface area contributed by atoms with Gasteiger partial charge in [-0.05, 0) is 37.8 Å². The van der Waals surface area contributed by atoms with Gasteiger partial charge in [-0.25, -0.2) is 4.98 Å². The summed E-state index contributed by atoms with van der Waals surface area (Å²) in [6, 6.07) is 3.61. The molecule has 2 fully saturated rings. The van der Waals surface area contributed by atoms with E-state index in [4.69, 9.17) is 4.74 Å². The van der Waals surface area contributed by atoms with Crippen molar-refractivity contribution in [3.05, 3.63) is 23.9 Å². The first-order valence-electron chi connectivity index (χ1n) is 9.20. The van der Waals surface area contributed by atoms with Gasteiger partial charge in [0.05, 0.1) is 0 Å². The summed E-state index contributed by atoms with van der Waals surface area (Å²) < 4.78 is 4.91. The van der Waals surface area contributed by atoms with Gasteiger partial charge in [0.1, 0.15) is 18.0 Å². The van der Waals surface area contributed by atoms with Gasteiger partial charge < -0.3 is 15.4 Å². The second kappa shape index (κ2) is 8.33. The van der Waals surface area contributed by atoms with E-state index < -0.39 is 5.54 Å². The number of aromatic nitrogens is 1. The molecule has 0 atom stereocenters. The van der Waals surface area contributed by atoms with Gasteiger partial charge in [0.15, 0.2) is 0 Å². The molecule has 26 heavy (non-hydrogen) atoms. The molecule has 2 aliphatic rings. The molecule has 0 unspecified atom stereocenters. The minimum absolute atomic E-state index is 0.0401. The summed E-state index contributed by atoms with van der Waals surface area (Å²) in [6.07, 6.45) is 8.54. The smallest absolute Gasteiger partial charge is 0.247 e. The highest BCUT2D eigenvalue weighted by atomic mass is 16.5. The highest BCUT2D eigenvalue weighted by Gasteiger charge is 2.32. The summed E-state index contributed by atoms with van der Waals surface area (Å²) in [7, 11) is 1.51. The number of carbonyl (C=O) groups is 2. The molecule has 0 aromatic carbocycles. The van der Waals surface area contributed by atoms with Crippen LogP contribution in [0.15, 0.2) is 18.3 Å². The van der Waals surface area contributed by atoms with E-state index >= 15 is 0 Å². The van der Waals surface area contributed by atoms with Crippen molar-refractivity contribution in [2.24, 2.45) is 5.92 Å². The van der Waals surface area contributed by atoms with Crippen molar-refractivity contribution < 1.29 is 14.3 Å². The molecule has 6 nitrogen and oxygen atoms in total. The lowest BCUT2D eigenvalue weighted by Crippen LogP contribution is -2.49. The van der Waals surface area contributed by atoms with Crippen molar-refractivity contribution in [2.75, 3.05) is 19.0 Å². The Morgan fingerprint density at radius 1 is 1.27 bits per heavy atom. The largest absolute Gasteiger partial charge is 0.375 e. The molecule has 0 spiro atoms. The van der Waals surface area contributed by atoms with Crippen molar-refractivity contribution in [1.82, 2.24) is 10.3 Å². The molecule has 2 N–H and O–H groups in total. The van der Waals surface area contributed by atoms with E-state index in [1.165, 1.54) is 13.5 Å². The van der Waals surface area contributed by atoms with Crippen LogP contribution in [0.2, 0.25) is 0 Å². The summed E-state index contributed by atoms with van der Waals surface area (Å²) in [5.74, 6) is 7.00. The minimum atomic E-state index is -0.493. The van der Waals surface area contributed by atoms with E-state index in [0.29, 0.717) is 5.82 Å². The fraction of sp³-hybridized carbons (Fsp3) is 0.550. The van der Waals surface area contributed by atoms with Gasteiger partial charge >= 0.3 is 0 Å².